The number of nitrogens with zero attached hydrogens (tertiary/aromatic N) is 4. The number of nitriles is 1. The first kappa shape index (κ1) is 21.8. The highest BCUT2D eigenvalue weighted by atomic mass is 19.3. The summed E-state index contributed by atoms with van der Waals surface area (Å²) in [4.78, 5) is 21.3. The molecule has 1 atom stereocenters. The highest BCUT2D eigenvalue weighted by molar-refractivity contribution is 5.96. The van der Waals surface area contributed by atoms with Crippen LogP contribution in [0.5, 0.6) is 5.75 Å². The van der Waals surface area contributed by atoms with Gasteiger partial charge in [-0.3, -0.25) is 4.79 Å². The third-order valence-electron chi connectivity index (χ3n) is 5.41. The van der Waals surface area contributed by atoms with Gasteiger partial charge in [-0.15, -0.1) is 0 Å². The lowest BCUT2D eigenvalue weighted by molar-refractivity contribution is 0.0846. The van der Waals surface area contributed by atoms with E-state index in [1.807, 2.05) is 16.7 Å². The number of ketones is 1. The van der Waals surface area contributed by atoms with Crippen LogP contribution in [0.4, 0.5) is 8.78 Å². The van der Waals surface area contributed by atoms with Crippen molar-refractivity contribution in [2.24, 2.45) is 0 Å². The number of Topliss-reactive ketones (excluding diaryl/α,β-unsaturated/α-hetero) is 1. The number of rotatable bonds is 7. The van der Waals surface area contributed by atoms with Crippen LogP contribution in [0.3, 0.4) is 0 Å². The Kier molecular flexibility index (Phi) is 6.42. The molecule has 1 unspecified atom stereocenters. The summed E-state index contributed by atoms with van der Waals surface area (Å²) in [5.41, 5.74) is 1.60. The van der Waals surface area contributed by atoms with Crippen LogP contribution in [-0.2, 0) is 11.2 Å². The monoisotopic (exact) mass is 440 g/mol. The molecule has 7 nitrogen and oxygen atoms in total. The lowest BCUT2D eigenvalue weighted by Crippen LogP contribution is -2.14. The van der Waals surface area contributed by atoms with E-state index in [0.717, 1.165) is 18.5 Å². The molecule has 4 heterocycles. The van der Waals surface area contributed by atoms with E-state index in [0.29, 0.717) is 30.2 Å². The van der Waals surface area contributed by atoms with Crippen molar-refractivity contribution in [1.29, 1.82) is 5.26 Å². The molecule has 0 N–H and O–H groups in total. The van der Waals surface area contributed by atoms with Gasteiger partial charge >= 0.3 is 0 Å². The molecule has 1 aliphatic heterocycles. The molecule has 3 aromatic heterocycles. The lowest BCUT2D eigenvalue weighted by Gasteiger charge is -2.19. The largest absolute Gasteiger partial charge is 0.475 e. The number of alkyl halides is 2. The minimum absolute atomic E-state index is 0.0456. The molecular formula is C23H22F2N4O3. The summed E-state index contributed by atoms with van der Waals surface area (Å²) >= 11 is 0. The number of ether oxygens (including phenoxy) is 2. The molecule has 166 valence electrons. The molecule has 3 aromatic rings. The Hall–Kier alpha value is -3.38. The average Bonchev–Trinajstić information content (AvgIpc) is 3.22. The molecule has 0 aliphatic carbocycles. The van der Waals surface area contributed by atoms with Crippen LogP contribution < -0.4 is 4.74 Å². The molecule has 0 bridgehead atoms. The quantitative estimate of drug-likeness (QED) is 0.510. The number of carbonyl (C=O) groups excluding carboxylic acids is 1. The molecule has 0 aromatic carbocycles. The highest BCUT2D eigenvalue weighted by Gasteiger charge is 2.21. The second-order valence-electron chi connectivity index (χ2n) is 7.72. The second kappa shape index (κ2) is 9.40. The van der Waals surface area contributed by atoms with Crippen molar-refractivity contribution in [3.05, 3.63) is 59.3 Å². The van der Waals surface area contributed by atoms with Gasteiger partial charge in [0.1, 0.15) is 28.9 Å². The van der Waals surface area contributed by atoms with Gasteiger partial charge in [0.2, 0.25) is 0 Å². The summed E-state index contributed by atoms with van der Waals surface area (Å²) in [5, 5.41) is 9.16. The van der Waals surface area contributed by atoms with Gasteiger partial charge in [-0.2, -0.15) is 5.26 Å². The van der Waals surface area contributed by atoms with Crippen LogP contribution in [0.1, 0.15) is 59.5 Å². The van der Waals surface area contributed by atoms with Crippen molar-refractivity contribution in [1.82, 2.24) is 14.4 Å². The maximum atomic E-state index is 13.0. The summed E-state index contributed by atoms with van der Waals surface area (Å²) in [6.07, 6.45) is 1.81. The van der Waals surface area contributed by atoms with E-state index in [1.54, 1.807) is 19.2 Å². The van der Waals surface area contributed by atoms with Crippen molar-refractivity contribution in [3.63, 3.8) is 0 Å². The molecule has 1 saturated heterocycles. The summed E-state index contributed by atoms with van der Waals surface area (Å²) in [6.45, 7) is 2.98. The number of aromatic nitrogens is 3. The molecule has 0 saturated carbocycles. The molecule has 0 radical (unpaired) electrons. The Morgan fingerprint density at radius 1 is 1.31 bits per heavy atom. The predicted octanol–water partition coefficient (Wildman–Crippen LogP) is 4.28. The molecule has 4 rings (SSSR count). The topological polar surface area (TPSA) is 89.5 Å². The Labute approximate surface area is 183 Å². The fraction of sp³-hybridized carbons (Fsp3) is 0.391. The van der Waals surface area contributed by atoms with E-state index in [2.05, 4.69) is 4.98 Å². The van der Waals surface area contributed by atoms with Crippen LogP contribution in [0.2, 0.25) is 0 Å². The van der Waals surface area contributed by atoms with Crippen molar-refractivity contribution < 1.29 is 23.0 Å². The van der Waals surface area contributed by atoms with Crippen molar-refractivity contribution in [3.8, 4) is 11.8 Å². The summed E-state index contributed by atoms with van der Waals surface area (Å²) < 4.78 is 38.9. The normalized spacial score (nSPS) is 15.6. The number of fused-ring (bicyclic) bond motifs is 1. The molecule has 9 heteroatoms. The number of pyridine rings is 2. The smallest absolute Gasteiger partial charge is 0.280 e. The van der Waals surface area contributed by atoms with Crippen LogP contribution in [-0.4, -0.2) is 39.5 Å². The van der Waals surface area contributed by atoms with E-state index in [-0.39, 0.29) is 18.0 Å². The molecule has 32 heavy (non-hydrogen) atoms. The SMILES string of the molecule is CC(C#N)Oc1cc2nc(C3CCOCC3)cn2cc1CC(=O)c1cccc(C(F)F)n1. The van der Waals surface area contributed by atoms with E-state index in [4.69, 9.17) is 19.7 Å². The third-order valence-corrected chi connectivity index (χ3v) is 5.41. The molecule has 1 fully saturated rings. The van der Waals surface area contributed by atoms with Gasteiger partial charge in [0.15, 0.2) is 11.9 Å². The lowest BCUT2D eigenvalue weighted by atomic mass is 9.97. The number of hydrogen-bond acceptors (Lipinski definition) is 6. The third kappa shape index (κ3) is 4.75. The maximum Gasteiger partial charge on any atom is 0.280 e. The van der Waals surface area contributed by atoms with Gasteiger partial charge in [-0.25, -0.2) is 18.7 Å². The summed E-state index contributed by atoms with van der Waals surface area (Å²) in [7, 11) is 0. The summed E-state index contributed by atoms with van der Waals surface area (Å²) in [6, 6.07) is 7.68. The Morgan fingerprint density at radius 2 is 2.09 bits per heavy atom. The van der Waals surface area contributed by atoms with Crippen LogP contribution in [0.25, 0.3) is 5.65 Å². The predicted molar refractivity (Wildman–Crippen MR) is 111 cm³/mol. The van der Waals surface area contributed by atoms with Crippen molar-refractivity contribution in [2.45, 2.75) is 44.6 Å². The fourth-order valence-electron chi connectivity index (χ4n) is 3.72. The van der Waals surface area contributed by atoms with Gasteiger partial charge in [0, 0.05) is 49.6 Å². The van der Waals surface area contributed by atoms with Gasteiger partial charge in [-0.05, 0) is 31.9 Å². The number of carbonyl (C=O) groups is 1. The first-order valence-corrected chi connectivity index (χ1v) is 10.4. The number of imidazole rings is 1. The molecule has 0 amide bonds. The Morgan fingerprint density at radius 3 is 2.81 bits per heavy atom. The molecule has 1 aliphatic rings. The zero-order valence-corrected chi connectivity index (χ0v) is 17.5. The minimum atomic E-state index is -2.76. The van der Waals surface area contributed by atoms with Gasteiger partial charge in [0.25, 0.3) is 6.43 Å². The second-order valence-corrected chi connectivity index (χ2v) is 7.72. The first-order valence-electron chi connectivity index (χ1n) is 10.4. The minimum Gasteiger partial charge on any atom is -0.475 e. The van der Waals surface area contributed by atoms with Crippen molar-refractivity contribution in [2.75, 3.05) is 13.2 Å². The molecular weight excluding hydrogens is 418 g/mol. The van der Waals surface area contributed by atoms with E-state index in [1.165, 1.54) is 18.2 Å². The average molecular weight is 440 g/mol. The zero-order valence-electron chi connectivity index (χ0n) is 17.5. The van der Waals surface area contributed by atoms with Gasteiger partial charge in [0.05, 0.1) is 5.69 Å². The zero-order chi connectivity index (χ0) is 22.7. The Balaban J connectivity index is 1.67. The van der Waals surface area contributed by atoms with E-state index < -0.39 is 24.0 Å². The van der Waals surface area contributed by atoms with Crippen LogP contribution >= 0.6 is 0 Å². The maximum absolute atomic E-state index is 13.0. The van der Waals surface area contributed by atoms with Crippen LogP contribution in [0.15, 0.2) is 36.7 Å². The Bertz CT molecular complexity index is 1170. The fourth-order valence-corrected chi connectivity index (χ4v) is 3.72. The standard InChI is InChI=1S/C23H22F2N4O3/c1-14(11-26)32-21-10-22-28-19(15-5-7-31-8-6-15)13-29(22)12-16(21)9-20(30)17-3-2-4-18(27-17)23(24)25/h2-4,10,12-15,23H,5-9H2,1H3. The van der Waals surface area contributed by atoms with E-state index in [9.17, 15) is 13.6 Å². The van der Waals surface area contributed by atoms with Crippen molar-refractivity contribution >= 4 is 11.4 Å². The van der Waals surface area contributed by atoms with Gasteiger partial charge < -0.3 is 13.9 Å². The number of halogens is 2. The summed E-state index contributed by atoms with van der Waals surface area (Å²) in [5.74, 6) is 0.220. The highest BCUT2D eigenvalue weighted by Crippen LogP contribution is 2.29. The van der Waals surface area contributed by atoms with Crippen LogP contribution in [0, 0.1) is 11.3 Å². The first-order chi connectivity index (χ1) is 15.4. The van der Waals surface area contributed by atoms with Gasteiger partial charge in [-0.1, -0.05) is 6.07 Å². The molecule has 0 spiro atoms. The number of hydrogen-bond donors (Lipinski definition) is 0. The van der Waals surface area contributed by atoms with E-state index >= 15 is 0 Å².